The van der Waals surface area contributed by atoms with Crippen molar-refractivity contribution in [3.05, 3.63) is 35.9 Å². The van der Waals surface area contributed by atoms with Crippen LogP contribution in [0, 0.1) is 6.92 Å². The highest BCUT2D eigenvalue weighted by Crippen LogP contribution is 2.34. The summed E-state index contributed by atoms with van der Waals surface area (Å²) < 4.78 is 5.79. The molecule has 128 valence electrons. The van der Waals surface area contributed by atoms with Crippen molar-refractivity contribution in [3.63, 3.8) is 0 Å². The Morgan fingerprint density at radius 1 is 1.20 bits per heavy atom. The lowest BCUT2D eigenvalue weighted by Crippen LogP contribution is -2.00. The number of aryl methyl sites for hydroxylation is 2. The van der Waals surface area contributed by atoms with E-state index in [1.807, 2.05) is 19.1 Å². The van der Waals surface area contributed by atoms with E-state index >= 15 is 0 Å². The smallest absolute Gasteiger partial charge is 0.144 e. The zero-order valence-corrected chi connectivity index (χ0v) is 14.5. The number of hydrogen-bond acceptors (Lipinski definition) is 5. The predicted molar refractivity (Wildman–Crippen MR) is 98.5 cm³/mol. The Morgan fingerprint density at radius 3 is 2.88 bits per heavy atom. The Labute approximate surface area is 144 Å². The number of anilines is 2. The van der Waals surface area contributed by atoms with E-state index in [1.54, 1.807) is 12.5 Å². The number of aromatic amines is 2. The van der Waals surface area contributed by atoms with Crippen LogP contribution in [-0.4, -0.2) is 31.8 Å². The lowest BCUT2D eigenvalue weighted by Gasteiger charge is -2.13. The van der Waals surface area contributed by atoms with Crippen LogP contribution in [0.25, 0.3) is 21.9 Å². The second kappa shape index (κ2) is 6.08. The molecule has 25 heavy (non-hydrogen) atoms. The van der Waals surface area contributed by atoms with E-state index in [-0.39, 0.29) is 0 Å². The van der Waals surface area contributed by atoms with E-state index in [1.165, 1.54) is 11.3 Å². The molecule has 3 aromatic heterocycles. The molecule has 0 radical (unpaired) electrons. The molecule has 0 bridgehead atoms. The van der Waals surface area contributed by atoms with Gasteiger partial charge in [0.15, 0.2) is 0 Å². The number of hydrogen-bond donors (Lipinski definition) is 3. The molecule has 0 saturated carbocycles. The summed E-state index contributed by atoms with van der Waals surface area (Å²) in [6, 6.07) is 3.97. The Balaban J connectivity index is 1.84. The van der Waals surface area contributed by atoms with Crippen molar-refractivity contribution < 1.29 is 4.74 Å². The highest BCUT2D eigenvalue weighted by molar-refractivity contribution is 5.95. The van der Waals surface area contributed by atoms with Gasteiger partial charge < -0.3 is 15.0 Å². The average molecular weight is 336 g/mol. The standard InChI is InChI=1S/C18H20N6O/c1-4-12-10(3)16-17(22-12)19-9-20-18(16)23-14-6-11-8-21-24-13(11)7-15(14)25-5-2/h6-9H,4-5H2,1-3H3,(H,21,24)(H2,19,20,22,23). The van der Waals surface area contributed by atoms with Crippen LogP contribution >= 0.6 is 0 Å². The van der Waals surface area contributed by atoms with E-state index in [4.69, 9.17) is 4.74 Å². The normalized spacial score (nSPS) is 11.3. The minimum atomic E-state index is 0.580. The first-order chi connectivity index (χ1) is 12.2. The molecular weight excluding hydrogens is 316 g/mol. The summed E-state index contributed by atoms with van der Waals surface area (Å²) in [5, 5.41) is 12.5. The minimum Gasteiger partial charge on any atom is -0.492 e. The molecule has 0 spiro atoms. The van der Waals surface area contributed by atoms with Crippen LogP contribution < -0.4 is 10.1 Å². The number of aromatic nitrogens is 5. The van der Waals surface area contributed by atoms with Crippen molar-refractivity contribution in [2.45, 2.75) is 27.2 Å². The predicted octanol–water partition coefficient (Wildman–Crippen LogP) is 3.85. The first kappa shape index (κ1) is 15.4. The largest absolute Gasteiger partial charge is 0.492 e. The second-order valence-corrected chi connectivity index (χ2v) is 5.89. The van der Waals surface area contributed by atoms with Crippen molar-refractivity contribution in [2.24, 2.45) is 0 Å². The molecule has 0 atom stereocenters. The fourth-order valence-corrected chi connectivity index (χ4v) is 3.14. The zero-order valence-electron chi connectivity index (χ0n) is 14.5. The van der Waals surface area contributed by atoms with Crippen molar-refractivity contribution in [2.75, 3.05) is 11.9 Å². The molecule has 0 unspecified atom stereocenters. The number of nitrogens with one attached hydrogen (secondary N) is 3. The van der Waals surface area contributed by atoms with Crippen LogP contribution in [0.5, 0.6) is 5.75 Å². The van der Waals surface area contributed by atoms with E-state index in [0.717, 1.165) is 45.6 Å². The topological polar surface area (TPSA) is 91.5 Å². The van der Waals surface area contributed by atoms with Gasteiger partial charge in [-0.25, -0.2) is 9.97 Å². The molecule has 1 aromatic carbocycles. The van der Waals surface area contributed by atoms with E-state index < -0.39 is 0 Å². The van der Waals surface area contributed by atoms with Gasteiger partial charge in [0.25, 0.3) is 0 Å². The quantitative estimate of drug-likeness (QED) is 0.515. The highest BCUT2D eigenvalue weighted by Gasteiger charge is 2.15. The first-order valence-corrected chi connectivity index (χ1v) is 8.40. The maximum Gasteiger partial charge on any atom is 0.144 e. The average Bonchev–Trinajstić information content (AvgIpc) is 3.19. The molecular formula is C18H20N6O. The number of rotatable bonds is 5. The third-order valence-electron chi connectivity index (χ3n) is 4.39. The van der Waals surface area contributed by atoms with Crippen LogP contribution in [0.4, 0.5) is 11.5 Å². The molecule has 0 saturated heterocycles. The number of nitrogens with zero attached hydrogens (tertiary/aromatic N) is 3. The molecule has 4 aromatic rings. The fourth-order valence-electron chi connectivity index (χ4n) is 3.14. The van der Waals surface area contributed by atoms with Gasteiger partial charge in [-0.3, -0.25) is 5.10 Å². The Hall–Kier alpha value is -3.09. The Morgan fingerprint density at radius 2 is 2.08 bits per heavy atom. The second-order valence-electron chi connectivity index (χ2n) is 5.89. The van der Waals surface area contributed by atoms with Crippen LogP contribution in [0.3, 0.4) is 0 Å². The van der Waals surface area contributed by atoms with Gasteiger partial charge in [-0.15, -0.1) is 0 Å². The molecule has 7 nitrogen and oxygen atoms in total. The molecule has 0 aliphatic heterocycles. The summed E-state index contributed by atoms with van der Waals surface area (Å²) in [5.41, 5.74) is 4.98. The van der Waals surface area contributed by atoms with E-state index in [2.05, 4.69) is 44.3 Å². The zero-order chi connectivity index (χ0) is 17.4. The highest BCUT2D eigenvalue weighted by atomic mass is 16.5. The van der Waals surface area contributed by atoms with Gasteiger partial charge in [-0.1, -0.05) is 6.92 Å². The minimum absolute atomic E-state index is 0.580. The SMILES string of the molecule is CCOc1cc2[nH]ncc2cc1Nc1ncnc2[nH]c(CC)c(C)c12. The van der Waals surface area contributed by atoms with Gasteiger partial charge in [-0.05, 0) is 31.9 Å². The van der Waals surface area contributed by atoms with Gasteiger partial charge in [-0.2, -0.15) is 5.10 Å². The lowest BCUT2D eigenvalue weighted by molar-refractivity contribution is 0.342. The van der Waals surface area contributed by atoms with Crippen molar-refractivity contribution >= 4 is 33.4 Å². The molecule has 3 N–H and O–H groups in total. The van der Waals surface area contributed by atoms with Crippen molar-refractivity contribution in [1.82, 2.24) is 25.1 Å². The summed E-state index contributed by atoms with van der Waals surface area (Å²) in [6.07, 6.45) is 4.28. The van der Waals surface area contributed by atoms with Crippen LogP contribution in [0.15, 0.2) is 24.7 Å². The molecule has 0 amide bonds. The lowest BCUT2D eigenvalue weighted by atomic mass is 10.1. The summed E-state index contributed by atoms with van der Waals surface area (Å²) >= 11 is 0. The maximum absolute atomic E-state index is 5.79. The monoisotopic (exact) mass is 336 g/mol. The summed E-state index contributed by atoms with van der Waals surface area (Å²) in [5.74, 6) is 1.53. The van der Waals surface area contributed by atoms with E-state index in [9.17, 15) is 0 Å². The molecule has 4 rings (SSSR count). The first-order valence-electron chi connectivity index (χ1n) is 8.40. The van der Waals surface area contributed by atoms with Crippen LogP contribution in [-0.2, 0) is 6.42 Å². The third kappa shape index (κ3) is 2.57. The summed E-state index contributed by atoms with van der Waals surface area (Å²) in [7, 11) is 0. The summed E-state index contributed by atoms with van der Waals surface area (Å²) in [6.45, 7) is 6.76. The Kier molecular flexibility index (Phi) is 3.76. The number of benzene rings is 1. The van der Waals surface area contributed by atoms with Gasteiger partial charge >= 0.3 is 0 Å². The molecule has 0 aliphatic carbocycles. The van der Waals surface area contributed by atoms with E-state index in [0.29, 0.717) is 6.61 Å². The van der Waals surface area contributed by atoms with Gasteiger partial charge in [0.05, 0.1) is 29.4 Å². The van der Waals surface area contributed by atoms with Crippen LogP contribution in [0.1, 0.15) is 25.1 Å². The molecule has 0 aliphatic rings. The maximum atomic E-state index is 5.79. The number of fused-ring (bicyclic) bond motifs is 2. The fraction of sp³-hybridized carbons (Fsp3) is 0.278. The summed E-state index contributed by atoms with van der Waals surface area (Å²) in [4.78, 5) is 12.2. The van der Waals surface area contributed by atoms with Gasteiger partial charge in [0, 0.05) is 17.1 Å². The molecule has 7 heteroatoms. The molecule has 0 fully saturated rings. The van der Waals surface area contributed by atoms with Gasteiger partial charge in [0.1, 0.15) is 23.5 Å². The van der Waals surface area contributed by atoms with Crippen LogP contribution in [0.2, 0.25) is 0 Å². The van der Waals surface area contributed by atoms with Crippen molar-refractivity contribution in [3.8, 4) is 5.75 Å². The molecule has 3 heterocycles. The number of ether oxygens (including phenoxy) is 1. The Bertz CT molecular complexity index is 1050. The van der Waals surface area contributed by atoms with Crippen molar-refractivity contribution in [1.29, 1.82) is 0 Å². The number of H-pyrrole nitrogens is 2. The third-order valence-corrected chi connectivity index (χ3v) is 4.39. The van der Waals surface area contributed by atoms with Gasteiger partial charge in [0.2, 0.25) is 0 Å².